The first kappa shape index (κ1) is 38.6. The number of allylic oxidation sites excluding steroid dienone is 1. The van der Waals surface area contributed by atoms with Gasteiger partial charge in [0, 0.05) is 32.3 Å². The molecule has 1 amide bonds. The highest BCUT2D eigenvalue weighted by atomic mass is 79.9. The highest BCUT2D eigenvalue weighted by Crippen LogP contribution is 2.43. The average Bonchev–Trinajstić information content (AvgIpc) is 3.96. The van der Waals surface area contributed by atoms with Crippen molar-refractivity contribution >= 4 is 61.9 Å². The molecule has 54 heavy (non-hydrogen) atoms. The van der Waals surface area contributed by atoms with Gasteiger partial charge in [-0.2, -0.15) is 0 Å². The molecule has 286 valence electrons. The van der Waals surface area contributed by atoms with Gasteiger partial charge in [0.1, 0.15) is 6.10 Å². The molecule has 4 aliphatic rings. The predicted octanol–water partition coefficient (Wildman–Crippen LogP) is 6.47. The van der Waals surface area contributed by atoms with Crippen molar-refractivity contribution in [1.82, 2.24) is 15.5 Å². The number of hydrazine groups is 1. The largest absolute Gasteiger partial charge is 0.460 e. The minimum absolute atomic E-state index is 0.0250. The molecule has 2 aromatic heterocycles. The third-order valence-electron chi connectivity index (χ3n) is 11.1. The third kappa shape index (κ3) is 8.00. The van der Waals surface area contributed by atoms with E-state index in [9.17, 15) is 14.5 Å². The number of fused-ring (bicyclic) bond motifs is 2. The van der Waals surface area contributed by atoms with Crippen LogP contribution in [0.1, 0.15) is 65.5 Å². The molecule has 0 radical (unpaired) electrons. The van der Waals surface area contributed by atoms with Gasteiger partial charge in [-0.15, -0.1) is 27.6 Å². The van der Waals surface area contributed by atoms with Gasteiger partial charge >= 0.3 is 5.97 Å². The van der Waals surface area contributed by atoms with E-state index in [4.69, 9.17) is 16.3 Å². The summed E-state index contributed by atoms with van der Waals surface area (Å²) in [4.78, 5) is 41.5. The summed E-state index contributed by atoms with van der Waals surface area (Å²) in [6.07, 6.45) is 13.9. The van der Waals surface area contributed by atoms with Crippen molar-refractivity contribution in [2.45, 2.75) is 76.1 Å². The molecule has 3 unspecified atom stereocenters. The van der Waals surface area contributed by atoms with Crippen LogP contribution in [0.15, 0.2) is 80.1 Å². The Morgan fingerprint density at radius 1 is 1.17 bits per heavy atom. The maximum atomic E-state index is 13.7. The number of likely N-dealkylation sites (tertiary alicyclic amines) is 1. The summed E-state index contributed by atoms with van der Waals surface area (Å²) in [5.41, 5.74) is 13.0. The summed E-state index contributed by atoms with van der Waals surface area (Å²) in [5.74, 6) is 6.35. The first-order valence-corrected chi connectivity index (χ1v) is 21.3. The van der Waals surface area contributed by atoms with E-state index in [0.717, 1.165) is 80.0 Å². The highest BCUT2D eigenvalue weighted by Gasteiger charge is 2.49. The molecule has 2 aliphatic heterocycles. The SMILES string of the molecule is CC1C=CC(CCNCc2cc(N)c(N(N)CCCN3CCC(OC(=O)C(N=O)(c4cccs4)c4ccc(Br)s4)CC3)c3c2CCC3)=C2C=CC(=O)NC21. The number of hydrogen-bond donors (Lipinski definition) is 4. The predicted molar refractivity (Wildman–Crippen MR) is 220 cm³/mol. The Bertz CT molecular complexity index is 1950. The van der Waals surface area contributed by atoms with Crippen molar-refractivity contribution in [1.29, 1.82) is 0 Å². The summed E-state index contributed by atoms with van der Waals surface area (Å²) >= 11 is 6.10. The molecule has 6 N–H and O–H groups in total. The van der Waals surface area contributed by atoms with Gasteiger partial charge in [0.25, 0.3) is 5.54 Å². The zero-order chi connectivity index (χ0) is 37.8. The Hall–Kier alpha value is -3.66. The molecule has 3 aromatic rings. The molecule has 14 heteroatoms. The van der Waals surface area contributed by atoms with E-state index in [2.05, 4.69) is 61.8 Å². The monoisotopic (exact) mass is 833 g/mol. The number of nitrogens with one attached hydrogen (secondary N) is 2. The van der Waals surface area contributed by atoms with Crippen LogP contribution in [0.3, 0.4) is 0 Å². The van der Waals surface area contributed by atoms with Gasteiger partial charge in [-0.25, -0.2) is 10.6 Å². The van der Waals surface area contributed by atoms with Crippen LogP contribution in [0.2, 0.25) is 0 Å². The summed E-state index contributed by atoms with van der Waals surface area (Å²) < 4.78 is 6.82. The zero-order valence-corrected chi connectivity index (χ0v) is 33.7. The highest BCUT2D eigenvalue weighted by molar-refractivity contribution is 9.11. The quantitative estimate of drug-likeness (QED) is 0.0337. The molecule has 0 spiro atoms. The lowest BCUT2D eigenvalue weighted by Gasteiger charge is -2.33. The molecule has 11 nitrogen and oxygen atoms in total. The lowest BCUT2D eigenvalue weighted by Crippen LogP contribution is -2.43. The van der Waals surface area contributed by atoms with Crippen LogP contribution in [0, 0.1) is 10.8 Å². The van der Waals surface area contributed by atoms with E-state index in [0.29, 0.717) is 29.1 Å². The number of anilines is 2. The number of amides is 1. The number of carbonyl (C=O) groups excluding carboxylic acids is 2. The molecule has 7 rings (SSSR count). The van der Waals surface area contributed by atoms with E-state index < -0.39 is 11.5 Å². The fourth-order valence-corrected chi connectivity index (χ4v) is 10.7. The smallest absolute Gasteiger partial charge is 0.349 e. The lowest BCUT2D eigenvalue weighted by molar-refractivity contribution is -0.156. The number of hydrogen-bond acceptors (Lipinski definition) is 12. The third-order valence-corrected chi connectivity index (χ3v) is 13.8. The van der Waals surface area contributed by atoms with Gasteiger partial charge in [0.05, 0.1) is 31.0 Å². The molecule has 1 fully saturated rings. The number of nitroso groups, excluding NO2 is 1. The number of nitrogen functional groups attached to an aromatic ring is 1. The van der Waals surface area contributed by atoms with Gasteiger partial charge in [0.15, 0.2) is 0 Å². The number of ether oxygens (including phenoxy) is 1. The minimum Gasteiger partial charge on any atom is -0.460 e. The number of piperidine rings is 1. The molecule has 1 aromatic carbocycles. The van der Waals surface area contributed by atoms with E-state index in [1.165, 1.54) is 50.5 Å². The summed E-state index contributed by atoms with van der Waals surface area (Å²) in [5, 5.41) is 13.8. The zero-order valence-electron chi connectivity index (χ0n) is 30.5. The molecule has 2 aliphatic carbocycles. The fraction of sp³-hybridized carbons (Fsp3) is 0.450. The molecule has 0 saturated carbocycles. The molecule has 0 bridgehead atoms. The van der Waals surface area contributed by atoms with Gasteiger partial charge in [0.2, 0.25) is 5.91 Å². The van der Waals surface area contributed by atoms with Gasteiger partial charge in [-0.05, 0) is 143 Å². The Kier molecular flexibility index (Phi) is 12.2. The van der Waals surface area contributed by atoms with Crippen molar-refractivity contribution in [2.75, 3.05) is 43.5 Å². The minimum atomic E-state index is -1.70. The van der Waals surface area contributed by atoms with Gasteiger partial charge < -0.3 is 31.0 Å². The number of rotatable bonds is 15. The lowest BCUT2D eigenvalue weighted by atomic mass is 9.83. The summed E-state index contributed by atoms with van der Waals surface area (Å²) in [6.45, 7) is 6.82. The normalized spacial score (nSPS) is 21.1. The van der Waals surface area contributed by atoms with Crippen molar-refractivity contribution in [3.8, 4) is 0 Å². The van der Waals surface area contributed by atoms with Crippen LogP contribution in [-0.4, -0.2) is 61.6 Å². The number of benzene rings is 1. The van der Waals surface area contributed by atoms with Crippen molar-refractivity contribution in [3.05, 3.63) is 106 Å². The maximum absolute atomic E-state index is 13.7. The average molecular weight is 835 g/mol. The summed E-state index contributed by atoms with van der Waals surface area (Å²) in [7, 11) is 0. The second kappa shape index (κ2) is 17.0. The number of esters is 1. The second-order valence-electron chi connectivity index (χ2n) is 14.6. The first-order chi connectivity index (χ1) is 26.2. The van der Waals surface area contributed by atoms with E-state index in [1.807, 2.05) is 28.6 Å². The van der Waals surface area contributed by atoms with E-state index >= 15 is 0 Å². The second-order valence-corrected chi connectivity index (χ2v) is 18.0. The number of carbonyl (C=O) groups is 2. The van der Waals surface area contributed by atoms with Crippen molar-refractivity contribution in [2.24, 2.45) is 16.9 Å². The van der Waals surface area contributed by atoms with Crippen LogP contribution < -0.4 is 27.2 Å². The molecule has 4 heterocycles. The number of halogens is 1. The Balaban J connectivity index is 0.891. The van der Waals surface area contributed by atoms with Crippen LogP contribution in [0.4, 0.5) is 11.4 Å². The van der Waals surface area contributed by atoms with E-state index in [1.54, 1.807) is 18.2 Å². The van der Waals surface area contributed by atoms with Crippen LogP contribution >= 0.6 is 38.6 Å². The standard InChI is InChI=1S/C40H48BrN7O4S2/c1-25-8-9-26(30-10-13-36(49)45-37(25)30)14-17-44-24-27-23-32(42)38(31-6-2-5-29(27)31)48(43)19-4-18-47-20-15-28(16-21-47)52-39(50)40(46-51,33-7-3-22-53-33)34-11-12-35(41)54-34/h3,7-13,22-23,25,28,37,44H,2,4-6,14-21,24,42-43H2,1H3,(H,45,49). The van der Waals surface area contributed by atoms with Gasteiger partial charge in [-0.1, -0.05) is 31.2 Å². The maximum Gasteiger partial charge on any atom is 0.349 e. The topological polar surface area (TPSA) is 155 Å². The van der Waals surface area contributed by atoms with Crippen LogP contribution in [0.5, 0.6) is 0 Å². The number of nitrogens with zero attached hydrogens (tertiary/aromatic N) is 3. The van der Waals surface area contributed by atoms with Crippen molar-refractivity contribution in [3.63, 3.8) is 0 Å². The van der Waals surface area contributed by atoms with Crippen LogP contribution in [-0.2, 0) is 39.3 Å². The molecular formula is C40H48BrN7O4S2. The van der Waals surface area contributed by atoms with Crippen molar-refractivity contribution < 1.29 is 14.3 Å². The molecule has 1 saturated heterocycles. The molecule has 3 atom stereocenters. The Morgan fingerprint density at radius 3 is 2.72 bits per heavy atom. The molecular weight excluding hydrogens is 787 g/mol. The van der Waals surface area contributed by atoms with Crippen LogP contribution in [0.25, 0.3) is 0 Å². The fourth-order valence-electron chi connectivity index (χ4n) is 8.30. The van der Waals surface area contributed by atoms with Gasteiger partial charge in [-0.3, -0.25) is 4.79 Å². The number of nitrogens with two attached hydrogens (primary N) is 2. The van der Waals surface area contributed by atoms with E-state index in [-0.39, 0.29) is 24.0 Å². The summed E-state index contributed by atoms with van der Waals surface area (Å²) in [6, 6.07) is 9.31. The Morgan fingerprint density at radius 2 is 1.98 bits per heavy atom. The Labute approximate surface area is 332 Å². The number of thiophene rings is 2. The first-order valence-electron chi connectivity index (χ1n) is 18.8.